The van der Waals surface area contributed by atoms with Crippen molar-refractivity contribution in [3.8, 4) is 5.75 Å². The molecule has 1 rings (SSSR count). The number of methoxy groups -OCH3 is 1. The Morgan fingerprint density at radius 3 is 2.15 bits per heavy atom. The van der Waals surface area contributed by atoms with Crippen LogP contribution in [-0.4, -0.2) is 25.5 Å². The van der Waals surface area contributed by atoms with Gasteiger partial charge in [-0.05, 0) is 31.2 Å². The highest BCUT2D eigenvalue weighted by atomic mass is 35.5. The Labute approximate surface area is 126 Å². The molecule has 0 aliphatic rings. The summed E-state index contributed by atoms with van der Waals surface area (Å²) in [6.07, 6.45) is 0. The summed E-state index contributed by atoms with van der Waals surface area (Å²) in [6, 6.07) is 6.64. The van der Waals surface area contributed by atoms with Crippen LogP contribution in [0.1, 0.15) is 6.92 Å². The van der Waals surface area contributed by atoms with Crippen LogP contribution < -0.4 is 15.4 Å². The summed E-state index contributed by atoms with van der Waals surface area (Å²) in [5.74, 6) is -0.595. The minimum Gasteiger partial charge on any atom is -0.497 e. The van der Waals surface area contributed by atoms with Crippen LogP contribution in [0.15, 0.2) is 34.3 Å². The van der Waals surface area contributed by atoms with Crippen molar-refractivity contribution in [2.45, 2.75) is 6.92 Å². The highest BCUT2D eigenvalue weighted by Gasteiger charge is 2.17. The van der Waals surface area contributed by atoms with E-state index in [-0.39, 0.29) is 10.1 Å². The number of carbonyl (C=O) groups is 2. The van der Waals surface area contributed by atoms with E-state index in [1.807, 2.05) is 0 Å². The van der Waals surface area contributed by atoms with Gasteiger partial charge in [0.25, 0.3) is 11.8 Å². The molecule has 1 aromatic carbocycles. The van der Waals surface area contributed by atoms with E-state index in [1.165, 1.54) is 0 Å². The van der Waals surface area contributed by atoms with Gasteiger partial charge in [-0.25, -0.2) is 0 Å². The van der Waals surface area contributed by atoms with Gasteiger partial charge in [-0.2, -0.15) is 0 Å². The second-order valence-corrected chi connectivity index (χ2v) is 4.43. The summed E-state index contributed by atoms with van der Waals surface area (Å²) in [4.78, 5) is 23.3. The summed E-state index contributed by atoms with van der Waals surface area (Å²) in [5, 5.41) is 4.26. The quantitative estimate of drug-likeness (QED) is 0.820. The number of anilines is 1. The Bertz CT molecular complexity index is 527. The Kier molecular flexibility index (Phi) is 6.35. The van der Waals surface area contributed by atoms with Crippen LogP contribution in [0.5, 0.6) is 5.75 Å². The lowest BCUT2D eigenvalue weighted by Gasteiger charge is -2.07. The van der Waals surface area contributed by atoms with Crippen LogP contribution in [0.3, 0.4) is 0 Å². The van der Waals surface area contributed by atoms with E-state index >= 15 is 0 Å². The predicted octanol–water partition coefficient (Wildman–Crippen LogP) is 2.46. The van der Waals surface area contributed by atoms with Crippen LogP contribution in [0.25, 0.3) is 0 Å². The maximum atomic E-state index is 11.8. The summed E-state index contributed by atoms with van der Waals surface area (Å²) >= 11 is 11.5. The number of carbonyl (C=O) groups excluding carboxylic acids is 2. The second kappa shape index (κ2) is 7.77. The lowest BCUT2D eigenvalue weighted by Crippen LogP contribution is -2.25. The van der Waals surface area contributed by atoms with Crippen LogP contribution in [-0.2, 0) is 9.59 Å². The summed E-state index contributed by atoms with van der Waals surface area (Å²) in [5.41, 5.74) is 0.509. The van der Waals surface area contributed by atoms with Gasteiger partial charge in [-0.15, -0.1) is 0 Å². The SMILES string of the molecule is CCNC(=O)/C(Cl)=C(/Cl)C(=O)Nc1ccc(OC)cc1. The molecule has 0 saturated carbocycles. The number of hydrogen-bond donors (Lipinski definition) is 2. The second-order valence-electron chi connectivity index (χ2n) is 3.67. The fourth-order valence-electron chi connectivity index (χ4n) is 1.30. The van der Waals surface area contributed by atoms with Crippen molar-refractivity contribution in [1.29, 1.82) is 0 Å². The number of nitrogens with one attached hydrogen (secondary N) is 2. The number of hydrogen-bond acceptors (Lipinski definition) is 3. The first-order chi connectivity index (χ1) is 9.49. The monoisotopic (exact) mass is 316 g/mol. The number of likely N-dealkylation sites (N-methyl/N-ethyl adjacent to an activating group) is 1. The molecule has 20 heavy (non-hydrogen) atoms. The van der Waals surface area contributed by atoms with E-state index in [9.17, 15) is 9.59 Å². The third kappa shape index (κ3) is 4.43. The fraction of sp³-hybridized carbons (Fsp3) is 0.231. The Morgan fingerprint density at radius 1 is 1.10 bits per heavy atom. The number of amides is 2. The van der Waals surface area contributed by atoms with Gasteiger partial charge in [0, 0.05) is 12.2 Å². The molecule has 0 aliphatic carbocycles. The van der Waals surface area contributed by atoms with Gasteiger partial charge in [0.1, 0.15) is 15.8 Å². The van der Waals surface area contributed by atoms with Gasteiger partial charge in [0.2, 0.25) is 0 Å². The number of ether oxygens (including phenoxy) is 1. The largest absolute Gasteiger partial charge is 0.497 e. The molecule has 0 fully saturated rings. The molecule has 0 spiro atoms. The first-order valence-corrected chi connectivity index (χ1v) is 6.54. The average Bonchev–Trinajstić information content (AvgIpc) is 2.46. The molecule has 108 valence electrons. The van der Waals surface area contributed by atoms with E-state index in [4.69, 9.17) is 27.9 Å². The lowest BCUT2D eigenvalue weighted by atomic mass is 10.3. The molecule has 0 aliphatic heterocycles. The third-order valence-electron chi connectivity index (χ3n) is 2.28. The Balaban J connectivity index is 2.78. The molecule has 2 amide bonds. The van der Waals surface area contributed by atoms with E-state index in [0.717, 1.165) is 0 Å². The highest BCUT2D eigenvalue weighted by Crippen LogP contribution is 2.19. The molecule has 0 radical (unpaired) electrons. The fourth-order valence-corrected chi connectivity index (χ4v) is 1.58. The molecule has 0 atom stereocenters. The minimum absolute atomic E-state index is 0.348. The van der Waals surface area contributed by atoms with Gasteiger partial charge in [-0.1, -0.05) is 23.2 Å². The Hall–Kier alpha value is -1.72. The van der Waals surface area contributed by atoms with E-state index in [0.29, 0.717) is 18.0 Å². The molecule has 5 nitrogen and oxygen atoms in total. The van der Waals surface area contributed by atoms with Crippen molar-refractivity contribution in [3.63, 3.8) is 0 Å². The average molecular weight is 317 g/mol. The minimum atomic E-state index is -0.659. The normalized spacial score (nSPS) is 11.4. The van der Waals surface area contributed by atoms with E-state index in [2.05, 4.69) is 10.6 Å². The Morgan fingerprint density at radius 2 is 1.65 bits per heavy atom. The molecule has 0 bridgehead atoms. The lowest BCUT2D eigenvalue weighted by molar-refractivity contribution is -0.117. The van der Waals surface area contributed by atoms with Crippen molar-refractivity contribution < 1.29 is 14.3 Å². The molecular formula is C13H14Cl2N2O3. The molecule has 1 aromatic rings. The summed E-state index contributed by atoms with van der Waals surface area (Å²) < 4.78 is 5.00. The van der Waals surface area contributed by atoms with Gasteiger partial charge >= 0.3 is 0 Å². The van der Waals surface area contributed by atoms with Crippen molar-refractivity contribution in [2.24, 2.45) is 0 Å². The van der Waals surface area contributed by atoms with E-state index in [1.54, 1.807) is 38.3 Å². The molecule has 0 aromatic heterocycles. The standard InChI is InChI=1S/C13H14Cl2N2O3/c1-3-16-12(18)10(14)11(15)13(19)17-8-4-6-9(20-2)7-5-8/h4-7H,3H2,1-2H3,(H,16,18)(H,17,19)/b11-10-. The zero-order valence-electron chi connectivity index (χ0n) is 11.0. The van der Waals surface area contributed by atoms with Gasteiger partial charge < -0.3 is 15.4 Å². The zero-order chi connectivity index (χ0) is 15.1. The molecule has 0 unspecified atom stereocenters. The molecule has 2 N–H and O–H groups in total. The van der Waals surface area contributed by atoms with Crippen LogP contribution in [0.2, 0.25) is 0 Å². The highest BCUT2D eigenvalue weighted by molar-refractivity contribution is 6.54. The first kappa shape index (κ1) is 16.3. The molecular weight excluding hydrogens is 303 g/mol. The van der Waals surface area contributed by atoms with Gasteiger partial charge in [-0.3, -0.25) is 9.59 Å². The number of rotatable bonds is 5. The van der Waals surface area contributed by atoms with Gasteiger partial charge in [0.15, 0.2) is 0 Å². The number of benzene rings is 1. The van der Waals surface area contributed by atoms with Crippen LogP contribution >= 0.6 is 23.2 Å². The molecule has 0 saturated heterocycles. The topological polar surface area (TPSA) is 67.4 Å². The van der Waals surface area contributed by atoms with Crippen molar-refractivity contribution in [3.05, 3.63) is 34.3 Å². The van der Waals surface area contributed by atoms with Crippen molar-refractivity contribution >= 4 is 40.7 Å². The third-order valence-corrected chi connectivity index (χ3v) is 3.09. The molecule has 7 heteroatoms. The number of halogens is 2. The van der Waals surface area contributed by atoms with Gasteiger partial charge in [0.05, 0.1) is 7.11 Å². The first-order valence-electron chi connectivity index (χ1n) is 5.78. The van der Waals surface area contributed by atoms with E-state index < -0.39 is 11.8 Å². The maximum absolute atomic E-state index is 11.8. The summed E-state index contributed by atoms with van der Waals surface area (Å²) in [6.45, 7) is 2.12. The maximum Gasteiger partial charge on any atom is 0.268 e. The van der Waals surface area contributed by atoms with Crippen molar-refractivity contribution in [1.82, 2.24) is 5.32 Å². The molecule has 0 heterocycles. The smallest absolute Gasteiger partial charge is 0.268 e. The summed E-state index contributed by atoms with van der Waals surface area (Å²) in [7, 11) is 1.54. The van der Waals surface area contributed by atoms with Crippen LogP contribution in [0, 0.1) is 0 Å². The van der Waals surface area contributed by atoms with Crippen LogP contribution in [0.4, 0.5) is 5.69 Å². The van der Waals surface area contributed by atoms with Crippen molar-refractivity contribution in [2.75, 3.05) is 19.0 Å². The zero-order valence-corrected chi connectivity index (χ0v) is 12.5. The predicted molar refractivity (Wildman–Crippen MR) is 79.0 cm³/mol.